The van der Waals surface area contributed by atoms with Crippen molar-refractivity contribution in [3.05, 3.63) is 35.3 Å². The molecule has 1 aromatic carbocycles. The Bertz CT molecular complexity index is 685. The Morgan fingerprint density at radius 3 is 2.52 bits per heavy atom. The van der Waals surface area contributed by atoms with Crippen molar-refractivity contribution < 1.29 is 0 Å². The highest BCUT2D eigenvalue weighted by atomic mass is 15.0. The zero-order valence-corrected chi connectivity index (χ0v) is 13.9. The molecule has 2 atom stereocenters. The maximum Gasteiger partial charge on any atom is 0.133 e. The molecule has 2 N–H and O–H groups in total. The van der Waals surface area contributed by atoms with Crippen molar-refractivity contribution in [3.63, 3.8) is 0 Å². The molecule has 2 aliphatic rings. The second-order valence-electron chi connectivity index (χ2n) is 6.91. The van der Waals surface area contributed by atoms with Gasteiger partial charge in [-0.15, -0.1) is 0 Å². The molecule has 2 fully saturated rings. The molecule has 0 amide bonds. The molecular formula is C19H26N4. The molecule has 23 heavy (non-hydrogen) atoms. The number of fused-ring (bicyclic) bond motifs is 1. The van der Waals surface area contributed by atoms with Crippen LogP contribution in [0.15, 0.2) is 18.2 Å². The molecule has 2 aliphatic heterocycles. The molecule has 0 spiro atoms. The minimum atomic E-state index is 0.474. The molecule has 2 unspecified atom stereocenters. The first kappa shape index (κ1) is 15.0. The zero-order valence-electron chi connectivity index (χ0n) is 13.9. The highest BCUT2D eigenvalue weighted by Crippen LogP contribution is 2.32. The fourth-order valence-corrected chi connectivity index (χ4v) is 4.02. The fraction of sp³-hybridized carbons (Fsp3) is 0.579. The second kappa shape index (κ2) is 6.54. The molecular weight excluding hydrogens is 284 g/mol. The summed E-state index contributed by atoms with van der Waals surface area (Å²) in [6, 6.07) is 6.60. The van der Waals surface area contributed by atoms with Gasteiger partial charge in [0.05, 0.1) is 11.2 Å². The molecule has 0 radical (unpaired) electrons. The van der Waals surface area contributed by atoms with Gasteiger partial charge in [0.2, 0.25) is 0 Å². The average Bonchev–Trinajstić information content (AvgIpc) is 3.28. The quantitative estimate of drug-likeness (QED) is 0.912. The van der Waals surface area contributed by atoms with Crippen LogP contribution in [0, 0.1) is 0 Å². The summed E-state index contributed by atoms with van der Waals surface area (Å²) in [6.45, 7) is 6.50. The van der Waals surface area contributed by atoms with Crippen LogP contribution in [-0.4, -0.2) is 36.1 Å². The first-order valence-corrected chi connectivity index (χ1v) is 9.07. The monoisotopic (exact) mass is 310 g/mol. The van der Waals surface area contributed by atoms with Crippen molar-refractivity contribution in [2.24, 2.45) is 0 Å². The van der Waals surface area contributed by atoms with Crippen molar-refractivity contribution in [2.45, 2.75) is 44.4 Å². The summed E-state index contributed by atoms with van der Waals surface area (Å²) in [4.78, 5) is 10.1. The van der Waals surface area contributed by atoms with Gasteiger partial charge < -0.3 is 10.6 Å². The maximum atomic E-state index is 5.12. The van der Waals surface area contributed by atoms with Crippen molar-refractivity contribution >= 4 is 10.9 Å². The van der Waals surface area contributed by atoms with Crippen LogP contribution in [0.5, 0.6) is 0 Å². The first-order valence-electron chi connectivity index (χ1n) is 9.07. The van der Waals surface area contributed by atoms with Crippen molar-refractivity contribution in [1.29, 1.82) is 0 Å². The molecule has 1 aromatic heterocycles. The van der Waals surface area contributed by atoms with E-state index in [1.165, 1.54) is 23.1 Å². The summed E-state index contributed by atoms with van der Waals surface area (Å²) in [6.07, 6.45) is 4.62. The lowest BCUT2D eigenvalue weighted by Gasteiger charge is -2.18. The number of aromatic nitrogens is 2. The first-order chi connectivity index (χ1) is 11.4. The minimum absolute atomic E-state index is 0.474. The van der Waals surface area contributed by atoms with Crippen LogP contribution in [0.1, 0.15) is 55.1 Å². The van der Waals surface area contributed by atoms with Crippen LogP contribution in [-0.2, 0) is 6.42 Å². The van der Waals surface area contributed by atoms with Gasteiger partial charge in [-0.25, -0.2) is 9.97 Å². The number of rotatable bonds is 4. The predicted octanol–water partition coefficient (Wildman–Crippen LogP) is 2.74. The summed E-state index contributed by atoms with van der Waals surface area (Å²) < 4.78 is 0. The summed E-state index contributed by atoms with van der Waals surface area (Å²) >= 11 is 0. The third kappa shape index (κ3) is 2.86. The van der Waals surface area contributed by atoms with Crippen LogP contribution in [0.25, 0.3) is 10.9 Å². The summed E-state index contributed by atoms with van der Waals surface area (Å²) in [7, 11) is 0. The number of nitrogens with one attached hydrogen (secondary N) is 2. The van der Waals surface area contributed by atoms with Crippen molar-refractivity contribution in [3.8, 4) is 0 Å². The number of hydrogen-bond acceptors (Lipinski definition) is 4. The Hall–Kier alpha value is -1.52. The van der Waals surface area contributed by atoms with E-state index in [-0.39, 0.29) is 0 Å². The topological polar surface area (TPSA) is 49.8 Å². The standard InChI is InChI=1S/C19H26N4/c1-2-4-13-5-3-6-16-17(13)18(14-7-9-20-11-14)23-19(22-16)15-8-10-21-12-15/h3,5-6,14-15,20-21H,2,4,7-12H2,1H3. The van der Waals surface area contributed by atoms with Crippen LogP contribution < -0.4 is 10.6 Å². The van der Waals surface area contributed by atoms with Gasteiger partial charge in [-0.3, -0.25) is 0 Å². The Morgan fingerprint density at radius 2 is 1.83 bits per heavy atom. The van der Waals surface area contributed by atoms with E-state index in [9.17, 15) is 0 Å². The summed E-state index contributed by atoms with van der Waals surface area (Å²) in [5.74, 6) is 2.06. The van der Waals surface area contributed by atoms with E-state index in [4.69, 9.17) is 9.97 Å². The second-order valence-corrected chi connectivity index (χ2v) is 6.91. The fourth-order valence-electron chi connectivity index (χ4n) is 4.02. The van der Waals surface area contributed by atoms with E-state index >= 15 is 0 Å². The predicted molar refractivity (Wildman–Crippen MR) is 94.0 cm³/mol. The highest BCUT2D eigenvalue weighted by molar-refractivity contribution is 5.85. The number of aryl methyl sites for hydroxylation is 1. The molecule has 4 rings (SSSR count). The van der Waals surface area contributed by atoms with Gasteiger partial charge in [-0.2, -0.15) is 0 Å². The SMILES string of the molecule is CCCc1cccc2nc(C3CCNC3)nc(C3CCNC3)c12. The smallest absolute Gasteiger partial charge is 0.133 e. The van der Waals surface area contributed by atoms with E-state index < -0.39 is 0 Å². The average molecular weight is 310 g/mol. The van der Waals surface area contributed by atoms with Crippen molar-refractivity contribution in [2.75, 3.05) is 26.2 Å². The van der Waals surface area contributed by atoms with E-state index in [0.717, 1.165) is 56.8 Å². The van der Waals surface area contributed by atoms with Gasteiger partial charge in [0.15, 0.2) is 0 Å². The van der Waals surface area contributed by atoms with Gasteiger partial charge in [-0.05, 0) is 44.0 Å². The number of nitrogens with zero attached hydrogens (tertiary/aromatic N) is 2. The molecule has 2 aromatic rings. The number of benzene rings is 1. The molecule has 0 saturated carbocycles. The van der Waals surface area contributed by atoms with E-state index in [2.05, 4.69) is 35.8 Å². The van der Waals surface area contributed by atoms with E-state index in [0.29, 0.717) is 11.8 Å². The molecule has 4 heteroatoms. The molecule has 0 aliphatic carbocycles. The van der Waals surface area contributed by atoms with Gasteiger partial charge in [0.25, 0.3) is 0 Å². The maximum absolute atomic E-state index is 5.12. The Balaban J connectivity index is 1.88. The molecule has 2 saturated heterocycles. The third-order valence-corrected chi connectivity index (χ3v) is 5.25. The number of hydrogen-bond donors (Lipinski definition) is 2. The summed E-state index contributed by atoms with van der Waals surface area (Å²) in [5, 5.41) is 8.28. The lowest BCUT2D eigenvalue weighted by Crippen LogP contribution is -2.15. The van der Waals surface area contributed by atoms with Crippen LogP contribution in [0.2, 0.25) is 0 Å². The Labute approximate surface area is 138 Å². The lowest BCUT2D eigenvalue weighted by atomic mass is 9.94. The van der Waals surface area contributed by atoms with Gasteiger partial charge in [0, 0.05) is 30.3 Å². The van der Waals surface area contributed by atoms with Crippen LogP contribution >= 0.6 is 0 Å². The van der Waals surface area contributed by atoms with Gasteiger partial charge in [0.1, 0.15) is 5.82 Å². The minimum Gasteiger partial charge on any atom is -0.316 e. The van der Waals surface area contributed by atoms with Crippen LogP contribution in [0.4, 0.5) is 0 Å². The van der Waals surface area contributed by atoms with Gasteiger partial charge in [-0.1, -0.05) is 25.5 Å². The molecule has 0 bridgehead atoms. The molecule has 4 nitrogen and oxygen atoms in total. The lowest BCUT2D eigenvalue weighted by molar-refractivity contribution is 0.674. The Kier molecular flexibility index (Phi) is 4.27. The zero-order chi connectivity index (χ0) is 15.6. The van der Waals surface area contributed by atoms with Gasteiger partial charge >= 0.3 is 0 Å². The molecule has 3 heterocycles. The third-order valence-electron chi connectivity index (χ3n) is 5.25. The normalized spacial score (nSPS) is 24.6. The summed E-state index contributed by atoms with van der Waals surface area (Å²) in [5.41, 5.74) is 3.86. The van der Waals surface area contributed by atoms with Crippen molar-refractivity contribution in [1.82, 2.24) is 20.6 Å². The van der Waals surface area contributed by atoms with E-state index in [1.54, 1.807) is 0 Å². The highest BCUT2D eigenvalue weighted by Gasteiger charge is 2.26. The largest absolute Gasteiger partial charge is 0.316 e. The molecule has 122 valence electrons. The van der Waals surface area contributed by atoms with E-state index in [1.807, 2.05) is 0 Å². The Morgan fingerprint density at radius 1 is 1.04 bits per heavy atom. The van der Waals surface area contributed by atoms with Crippen LogP contribution in [0.3, 0.4) is 0 Å².